The Bertz CT molecular complexity index is 6.00. The van der Waals surface area contributed by atoms with Crippen molar-refractivity contribution in [1.29, 1.82) is 0 Å². The highest BCUT2D eigenvalue weighted by Crippen LogP contribution is 1.44. The molecule has 4 heavy (non-hydrogen) atoms. The zero-order valence-electron chi connectivity index (χ0n) is 2.02. The van der Waals surface area contributed by atoms with Crippen molar-refractivity contribution in [3.8, 4) is 0 Å². The van der Waals surface area contributed by atoms with Gasteiger partial charge in [0.15, 0.2) is 0 Å². The van der Waals surface area contributed by atoms with Crippen molar-refractivity contribution in [1.82, 2.24) is 0 Å². The van der Waals surface area contributed by atoms with Crippen LogP contribution in [0.3, 0.4) is 0 Å². The minimum atomic E-state index is 0. The van der Waals surface area contributed by atoms with Gasteiger partial charge in [0, 0.05) is 0 Å². The second-order valence-corrected chi connectivity index (χ2v) is 0. The minimum Gasteiger partial charge on any atom is -0.412 e. The predicted molar refractivity (Wildman–Crippen MR) is 25.9 cm³/mol. The average Bonchev–Trinajstić information content (AvgIpc) is 1.00. The van der Waals surface area contributed by atoms with Crippen LogP contribution in [0.4, 0.5) is 0 Å². The van der Waals surface area contributed by atoms with E-state index in [4.69, 9.17) is 4.89 Å². The molecule has 0 aliphatic rings. The molecule has 0 heterocycles. The first-order chi connectivity index (χ1) is 1.00. The van der Waals surface area contributed by atoms with E-state index in [0.29, 0.717) is 0 Å². The lowest BCUT2D eigenvalue weighted by Gasteiger charge is -1.21. The van der Waals surface area contributed by atoms with Crippen LogP contribution in [-0.4, -0.2) is 10.4 Å². The van der Waals surface area contributed by atoms with Crippen molar-refractivity contribution in [2.45, 2.75) is 0 Å². The first-order valence-electron chi connectivity index (χ1n) is 0.258. The second kappa shape index (κ2) is 55.0. The Kier molecular flexibility index (Phi) is 306. The summed E-state index contributed by atoms with van der Waals surface area (Å²) in [7, 11) is 1.42. The zero-order chi connectivity index (χ0) is 2.00. The molecule has 0 saturated carbocycles. The van der Waals surface area contributed by atoms with Gasteiger partial charge in [0.2, 0.25) is 0 Å². The van der Waals surface area contributed by atoms with Crippen LogP contribution in [0.1, 0.15) is 0 Å². The van der Waals surface area contributed by atoms with Crippen LogP contribution >= 0.6 is 23.0 Å². The van der Waals surface area contributed by atoms with Crippen molar-refractivity contribution in [2.24, 2.45) is 0 Å². The Morgan fingerprint density at radius 2 is 1.25 bits per heavy atom. The van der Waals surface area contributed by atoms with E-state index in [1.54, 1.807) is 0 Å². The van der Waals surface area contributed by atoms with Crippen molar-refractivity contribution < 1.29 is 10.4 Å². The van der Waals surface area contributed by atoms with Crippen LogP contribution in [-0.2, 0) is 0 Å². The highest BCUT2D eigenvalue weighted by Gasteiger charge is 0.825. The lowest BCUT2D eigenvalue weighted by molar-refractivity contribution is 0.664. The summed E-state index contributed by atoms with van der Waals surface area (Å²) in [6.07, 6.45) is 0. The Hall–Kier alpha value is 0.700. The summed E-state index contributed by atoms with van der Waals surface area (Å²) >= 11 is 0. The third kappa shape index (κ3) is 15.9. The smallest absolute Gasteiger partial charge is 0.00391 e. The molecule has 2 nitrogen and oxygen atoms in total. The standard InChI is InChI=1S/H3OP.H2O.H2S/c1-2;;/h1H,2H2;2*1H2. The molecule has 0 amide bonds. The quantitative estimate of drug-likeness (QED) is 0.394. The average molecular weight is 102 g/mol. The summed E-state index contributed by atoms with van der Waals surface area (Å²) in [5.41, 5.74) is 0. The maximum atomic E-state index is 6.92. The fourth-order valence-corrected chi connectivity index (χ4v) is 0. The Morgan fingerprint density at radius 3 is 1.25 bits per heavy atom. The van der Waals surface area contributed by atoms with Gasteiger partial charge in [-0.15, -0.1) is 0 Å². The third-order valence-corrected chi connectivity index (χ3v) is 0. The molecule has 30 valence electrons. The largest absolute Gasteiger partial charge is 0.412 e. The van der Waals surface area contributed by atoms with E-state index >= 15 is 0 Å². The fraction of sp³-hybridized carbons (Fsp3) is 0. The molecule has 0 aliphatic heterocycles. The molecule has 0 aromatic carbocycles. The van der Waals surface area contributed by atoms with Gasteiger partial charge in [-0.05, 0) is 9.47 Å². The predicted octanol–water partition coefficient (Wildman–Crippen LogP) is -0.943. The van der Waals surface area contributed by atoms with E-state index in [0.717, 1.165) is 0 Å². The maximum Gasteiger partial charge on any atom is -0.00391 e. The van der Waals surface area contributed by atoms with Crippen molar-refractivity contribution >= 4 is 23.0 Å². The molecule has 0 radical (unpaired) electrons. The number of hydrogen-bond donors (Lipinski definition) is 1. The molecule has 1 atom stereocenters. The van der Waals surface area contributed by atoms with Gasteiger partial charge in [0.05, 0.1) is 0 Å². The normalized spacial score (nSPS) is 1.50. The molecule has 3 N–H and O–H groups in total. The van der Waals surface area contributed by atoms with Crippen LogP contribution < -0.4 is 0 Å². The molecular formula is H7O2PS. The van der Waals surface area contributed by atoms with Gasteiger partial charge in [-0.25, -0.2) is 0 Å². The van der Waals surface area contributed by atoms with E-state index in [1.807, 2.05) is 0 Å². The van der Waals surface area contributed by atoms with Crippen molar-refractivity contribution in [2.75, 3.05) is 0 Å². The fourth-order valence-electron chi connectivity index (χ4n) is 0. The van der Waals surface area contributed by atoms with Gasteiger partial charge in [-0.1, -0.05) is 0 Å². The summed E-state index contributed by atoms with van der Waals surface area (Å²) in [5.74, 6) is 0. The molecular weight excluding hydrogens is 95.0 g/mol. The maximum absolute atomic E-state index is 6.92. The van der Waals surface area contributed by atoms with Gasteiger partial charge in [-0.2, -0.15) is 13.5 Å². The highest BCUT2D eigenvalue weighted by molar-refractivity contribution is 7.59. The first kappa shape index (κ1) is 22.3. The van der Waals surface area contributed by atoms with E-state index in [2.05, 4.69) is 0 Å². The topological polar surface area (TPSA) is 51.7 Å². The molecule has 0 saturated heterocycles. The summed E-state index contributed by atoms with van der Waals surface area (Å²) in [5, 5.41) is 0. The summed E-state index contributed by atoms with van der Waals surface area (Å²) in [4.78, 5) is 6.92. The summed E-state index contributed by atoms with van der Waals surface area (Å²) < 4.78 is 0. The Balaban J connectivity index is -0.00000000500. The second-order valence-electron chi connectivity index (χ2n) is 0. The summed E-state index contributed by atoms with van der Waals surface area (Å²) in [6, 6.07) is 0. The molecule has 0 spiro atoms. The van der Waals surface area contributed by atoms with E-state index < -0.39 is 0 Å². The van der Waals surface area contributed by atoms with E-state index in [-0.39, 0.29) is 19.0 Å². The van der Waals surface area contributed by atoms with Crippen LogP contribution in [0.25, 0.3) is 0 Å². The van der Waals surface area contributed by atoms with Gasteiger partial charge in [-0.3, -0.25) is 0 Å². The molecule has 0 rings (SSSR count). The van der Waals surface area contributed by atoms with Gasteiger partial charge < -0.3 is 10.4 Å². The molecule has 0 aromatic heterocycles. The van der Waals surface area contributed by atoms with Crippen LogP contribution in [0, 0.1) is 0 Å². The molecule has 0 aromatic rings. The monoisotopic (exact) mass is 102 g/mol. The lowest BCUT2D eigenvalue weighted by Crippen LogP contribution is -0.868. The van der Waals surface area contributed by atoms with E-state index in [9.17, 15) is 0 Å². The van der Waals surface area contributed by atoms with Crippen LogP contribution in [0.15, 0.2) is 0 Å². The molecule has 0 bridgehead atoms. The van der Waals surface area contributed by atoms with Crippen molar-refractivity contribution in [3.63, 3.8) is 0 Å². The molecule has 0 aliphatic carbocycles. The molecule has 1 unspecified atom stereocenters. The summed E-state index contributed by atoms with van der Waals surface area (Å²) in [6.45, 7) is 0. The number of rotatable bonds is 0. The number of hydrogen-bond acceptors (Lipinski definition) is 1. The SMILES string of the molecule is O.OP.S. The first-order valence-corrected chi connectivity index (χ1v) is 0.775. The van der Waals surface area contributed by atoms with Crippen LogP contribution in [0.2, 0.25) is 0 Å². The highest BCUT2D eigenvalue weighted by atomic mass is 32.1. The van der Waals surface area contributed by atoms with Gasteiger partial charge >= 0.3 is 0 Å². The van der Waals surface area contributed by atoms with Gasteiger partial charge in [0.1, 0.15) is 0 Å². The Labute approximate surface area is 34.3 Å². The third-order valence-electron chi connectivity index (χ3n) is 0. The van der Waals surface area contributed by atoms with Gasteiger partial charge in [0.25, 0.3) is 0 Å². The molecule has 4 heteroatoms. The van der Waals surface area contributed by atoms with Crippen LogP contribution in [0.5, 0.6) is 0 Å². The molecule has 0 fully saturated rings. The van der Waals surface area contributed by atoms with Crippen molar-refractivity contribution in [3.05, 3.63) is 0 Å². The zero-order valence-corrected chi connectivity index (χ0v) is 4.18. The lowest BCUT2D eigenvalue weighted by atomic mass is 15.9. The van der Waals surface area contributed by atoms with E-state index in [1.165, 1.54) is 9.47 Å². The Morgan fingerprint density at radius 1 is 1.25 bits per heavy atom. The minimum absolute atomic E-state index is 0.